The Kier molecular flexibility index (Phi) is 6.67. The number of benzene rings is 2. The smallest absolute Gasteiger partial charge is 0.224 e. The molecule has 0 aromatic heterocycles. The van der Waals surface area contributed by atoms with Crippen LogP contribution in [0, 0.1) is 0 Å². The predicted molar refractivity (Wildman–Crippen MR) is 95.6 cm³/mol. The van der Waals surface area contributed by atoms with E-state index < -0.39 is 0 Å². The van der Waals surface area contributed by atoms with Gasteiger partial charge in [-0.2, -0.15) is 0 Å². The highest BCUT2D eigenvalue weighted by Gasteiger charge is 2.12. The third-order valence-electron chi connectivity index (χ3n) is 3.95. The minimum Gasteiger partial charge on any atom is -0.497 e. The van der Waals surface area contributed by atoms with Crippen LogP contribution >= 0.6 is 0 Å². The molecule has 4 nitrogen and oxygen atoms in total. The minimum atomic E-state index is -0.0119. The number of carbonyl (C=O) groups excluding carboxylic acids is 1. The number of nitrogens with one attached hydrogen (secondary N) is 1. The van der Waals surface area contributed by atoms with E-state index in [4.69, 9.17) is 9.47 Å². The first-order valence-corrected chi connectivity index (χ1v) is 8.16. The molecular weight excluding hydrogens is 302 g/mol. The van der Waals surface area contributed by atoms with Crippen molar-refractivity contribution >= 4 is 5.91 Å². The summed E-state index contributed by atoms with van der Waals surface area (Å²) in [5, 5.41) is 3.05. The SMILES string of the molecule is COc1ccc(OC)c(CC(=O)NC(C)CCc2ccccc2)c1. The zero-order valence-corrected chi connectivity index (χ0v) is 14.5. The standard InChI is InChI=1S/C20H25NO3/c1-15(9-10-16-7-5-4-6-8-16)21-20(22)14-17-13-18(23-2)11-12-19(17)24-3/h4-8,11-13,15H,9-10,14H2,1-3H3,(H,21,22). The average molecular weight is 327 g/mol. The van der Waals surface area contributed by atoms with Crippen molar-refractivity contribution in [1.82, 2.24) is 5.32 Å². The Morgan fingerprint density at radius 2 is 1.83 bits per heavy atom. The first-order chi connectivity index (χ1) is 11.6. The molecule has 1 amide bonds. The molecule has 1 unspecified atom stereocenters. The molecule has 0 bridgehead atoms. The van der Waals surface area contributed by atoms with Crippen LogP contribution in [0.2, 0.25) is 0 Å². The molecule has 0 spiro atoms. The Balaban J connectivity index is 1.88. The fraction of sp³-hybridized carbons (Fsp3) is 0.350. The van der Waals surface area contributed by atoms with Crippen molar-refractivity contribution in [2.24, 2.45) is 0 Å². The number of carbonyl (C=O) groups is 1. The fourth-order valence-corrected chi connectivity index (χ4v) is 2.62. The molecule has 24 heavy (non-hydrogen) atoms. The lowest BCUT2D eigenvalue weighted by Gasteiger charge is -2.15. The second-order valence-corrected chi connectivity index (χ2v) is 5.85. The Bertz CT molecular complexity index is 655. The summed E-state index contributed by atoms with van der Waals surface area (Å²) in [5.74, 6) is 1.40. The normalized spacial score (nSPS) is 11.6. The van der Waals surface area contributed by atoms with Crippen LogP contribution in [0.3, 0.4) is 0 Å². The van der Waals surface area contributed by atoms with E-state index in [9.17, 15) is 4.79 Å². The largest absolute Gasteiger partial charge is 0.497 e. The van der Waals surface area contributed by atoms with Gasteiger partial charge >= 0.3 is 0 Å². The minimum absolute atomic E-state index is 0.0119. The third kappa shape index (κ3) is 5.30. The highest BCUT2D eigenvalue weighted by atomic mass is 16.5. The Morgan fingerprint density at radius 1 is 1.08 bits per heavy atom. The molecule has 2 aromatic carbocycles. The maximum absolute atomic E-state index is 12.3. The molecule has 1 N–H and O–H groups in total. The van der Waals surface area contributed by atoms with Crippen LogP contribution in [-0.2, 0) is 17.6 Å². The summed E-state index contributed by atoms with van der Waals surface area (Å²) in [7, 11) is 3.21. The van der Waals surface area contributed by atoms with Gasteiger partial charge in [-0.3, -0.25) is 4.79 Å². The van der Waals surface area contributed by atoms with Gasteiger partial charge in [0.05, 0.1) is 20.6 Å². The number of amides is 1. The van der Waals surface area contributed by atoms with Gasteiger partial charge in [-0.1, -0.05) is 30.3 Å². The molecule has 0 aliphatic rings. The number of hydrogen-bond acceptors (Lipinski definition) is 3. The van der Waals surface area contributed by atoms with Crippen molar-refractivity contribution in [2.45, 2.75) is 32.2 Å². The molecule has 0 fully saturated rings. The molecular formula is C20H25NO3. The van der Waals surface area contributed by atoms with Crippen LogP contribution in [0.4, 0.5) is 0 Å². The molecule has 128 valence electrons. The maximum atomic E-state index is 12.3. The molecule has 0 saturated heterocycles. The molecule has 4 heteroatoms. The summed E-state index contributed by atoms with van der Waals surface area (Å²) in [5.41, 5.74) is 2.11. The number of rotatable bonds is 8. The average Bonchev–Trinajstić information content (AvgIpc) is 2.60. The van der Waals surface area contributed by atoms with E-state index in [2.05, 4.69) is 17.4 Å². The van der Waals surface area contributed by atoms with Gasteiger partial charge in [-0.05, 0) is 43.5 Å². The van der Waals surface area contributed by atoms with Gasteiger partial charge < -0.3 is 14.8 Å². The summed E-state index contributed by atoms with van der Waals surface area (Å²) < 4.78 is 10.5. The van der Waals surface area contributed by atoms with Crippen LogP contribution in [0.15, 0.2) is 48.5 Å². The fourth-order valence-electron chi connectivity index (χ4n) is 2.62. The van der Waals surface area contributed by atoms with Crippen molar-refractivity contribution in [3.8, 4) is 11.5 Å². The topological polar surface area (TPSA) is 47.6 Å². The van der Waals surface area contributed by atoms with Gasteiger partial charge in [-0.25, -0.2) is 0 Å². The van der Waals surface area contributed by atoms with Gasteiger partial charge in [0.25, 0.3) is 0 Å². The maximum Gasteiger partial charge on any atom is 0.224 e. The number of ether oxygens (including phenoxy) is 2. The van der Waals surface area contributed by atoms with E-state index in [-0.39, 0.29) is 18.4 Å². The molecule has 0 radical (unpaired) electrons. The van der Waals surface area contributed by atoms with Gasteiger partial charge in [-0.15, -0.1) is 0 Å². The second kappa shape index (κ2) is 8.96. The van der Waals surface area contributed by atoms with E-state index in [1.165, 1.54) is 5.56 Å². The van der Waals surface area contributed by atoms with Gasteiger partial charge in [0.2, 0.25) is 5.91 Å². The quantitative estimate of drug-likeness (QED) is 0.808. The molecule has 0 aliphatic carbocycles. The molecule has 0 saturated carbocycles. The summed E-state index contributed by atoms with van der Waals surface area (Å²) in [6.45, 7) is 2.03. The van der Waals surface area contributed by atoms with Crippen molar-refractivity contribution in [3.05, 3.63) is 59.7 Å². The van der Waals surface area contributed by atoms with Crippen molar-refractivity contribution in [1.29, 1.82) is 0 Å². The number of aryl methyl sites for hydroxylation is 1. The van der Waals surface area contributed by atoms with Crippen molar-refractivity contribution in [3.63, 3.8) is 0 Å². The molecule has 0 aliphatic heterocycles. The van der Waals surface area contributed by atoms with Crippen molar-refractivity contribution in [2.75, 3.05) is 14.2 Å². The van der Waals surface area contributed by atoms with Crippen LogP contribution in [0.1, 0.15) is 24.5 Å². The summed E-state index contributed by atoms with van der Waals surface area (Å²) in [4.78, 5) is 12.3. The van der Waals surface area contributed by atoms with Crippen LogP contribution in [0.25, 0.3) is 0 Å². The van der Waals surface area contributed by atoms with E-state index in [1.807, 2.05) is 43.3 Å². The van der Waals surface area contributed by atoms with E-state index in [1.54, 1.807) is 14.2 Å². The third-order valence-corrected chi connectivity index (χ3v) is 3.95. The van der Waals surface area contributed by atoms with E-state index >= 15 is 0 Å². The molecule has 1 atom stereocenters. The lowest BCUT2D eigenvalue weighted by atomic mass is 10.1. The van der Waals surface area contributed by atoms with Gasteiger partial charge in [0, 0.05) is 11.6 Å². The Morgan fingerprint density at radius 3 is 2.50 bits per heavy atom. The molecule has 2 rings (SSSR count). The Labute approximate surface area is 143 Å². The first kappa shape index (κ1) is 17.9. The zero-order chi connectivity index (χ0) is 17.4. The lowest BCUT2D eigenvalue weighted by Crippen LogP contribution is -2.34. The highest BCUT2D eigenvalue weighted by Crippen LogP contribution is 2.24. The molecule has 2 aromatic rings. The number of hydrogen-bond donors (Lipinski definition) is 1. The van der Waals surface area contributed by atoms with E-state index in [0.717, 1.165) is 24.2 Å². The second-order valence-electron chi connectivity index (χ2n) is 5.85. The lowest BCUT2D eigenvalue weighted by molar-refractivity contribution is -0.121. The van der Waals surface area contributed by atoms with Gasteiger partial charge in [0.15, 0.2) is 0 Å². The van der Waals surface area contributed by atoms with Gasteiger partial charge in [0.1, 0.15) is 11.5 Å². The summed E-state index contributed by atoms with van der Waals surface area (Å²) in [6.07, 6.45) is 2.13. The zero-order valence-electron chi connectivity index (χ0n) is 14.5. The predicted octanol–water partition coefficient (Wildman–Crippen LogP) is 3.38. The van der Waals surface area contributed by atoms with Crippen LogP contribution < -0.4 is 14.8 Å². The Hall–Kier alpha value is -2.49. The van der Waals surface area contributed by atoms with Crippen molar-refractivity contribution < 1.29 is 14.3 Å². The van der Waals surface area contributed by atoms with Crippen LogP contribution in [-0.4, -0.2) is 26.2 Å². The highest BCUT2D eigenvalue weighted by molar-refractivity contribution is 5.79. The monoisotopic (exact) mass is 327 g/mol. The summed E-state index contributed by atoms with van der Waals surface area (Å²) >= 11 is 0. The van der Waals surface area contributed by atoms with E-state index in [0.29, 0.717) is 5.75 Å². The summed E-state index contributed by atoms with van der Waals surface area (Å²) in [6, 6.07) is 15.9. The van der Waals surface area contributed by atoms with Crippen LogP contribution in [0.5, 0.6) is 11.5 Å². The first-order valence-electron chi connectivity index (χ1n) is 8.16. The number of methoxy groups -OCH3 is 2. The molecule has 0 heterocycles.